The molecule has 112 valence electrons. The first kappa shape index (κ1) is 15.2. The van der Waals surface area contributed by atoms with Gasteiger partial charge in [0, 0.05) is 11.3 Å². The molecule has 0 aliphatic carbocycles. The predicted molar refractivity (Wildman–Crippen MR) is 70.1 cm³/mol. The van der Waals surface area contributed by atoms with Crippen molar-refractivity contribution in [3.63, 3.8) is 0 Å². The van der Waals surface area contributed by atoms with E-state index in [9.17, 15) is 14.3 Å². The van der Waals surface area contributed by atoms with Crippen LogP contribution in [0.5, 0.6) is 0 Å². The maximum atomic E-state index is 13.5. The second-order valence-electron chi connectivity index (χ2n) is 4.54. The van der Waals surface area contributed by atoms with Crippen molar-refractivity contribution in [1.82, 2.24) is 0 Å². The van der Waals surface area contributed by atoms with Gasteiger partial charge < -0.3 is 14.6 Å². The molecule has 1 aliphatic rings. The van der Waals surface area contributed by atoms with Crippen LogP contribution in [0.25, 0.3) is 10.4 Å². The molecule has 0 spiro atoms. The molecule has 7 nitrogen and oxygen atoms in total. The lowest BCUT2D eigenvalue weighted by Crippen LogP contribution is -2.48. The van der Waals surface area contributed by atoms with E-state index in [2.05, 4.69) is 10.0 Å². The van der Waals surface area contributed by atoms with Gasteiger partial charge >= 0.3 is 5.97 Å². The summed E-state index contributed by atoms with van der Waals surface area (Å²) in [6.07, 6.45) is -5.31. The van der Waals surface area contributed by atoms with Crippen molar-refractivity contribution < 1.29 is 23.8 Å². The molecular weight excluding hydrogens is 281 g/mol. The van der Waals surface area contributed by atoms with Gasteiger partial charge in [-0.25, -0.2) is 9.18 Å². The van der Waals surface area contributed by atoms with Gasteiger partial charge in [0.25, 0.3) is 0 Å². The first-order valence-electron chi connectivity index (χ1n) is 6.36. The molecule has 1 saturated heterocycles. The Kier molecular flexibility index (Phi) is 5.10. The van der Waals surface area contributed by atoms with E-state index in [-0.39, 0.29) is 13.0 Å². The Balaban J connectivity index is 2.07. The molecule has 4 atom stereocenters. The lowest BCUT2D eigenvalue weighted by molar-refractivity contribution is -0.226. The molecule has 0 bridgehead atoms. The number of azide groups is 1. The number of alkyl halides is 1. The minimum Gasteiger partial charge on any atom is -0.456 e. The van der Waals surface area contributed by atoms with Gasteiger partial charge in [-0.1, -0.05) is 23.3 Å². The quantitative estimate of drug-likeness (QED) is 0.397. The number of nitrogens with zero attached hydrogens (tertiary/aromatic N) is 3. The summed E-state index contributed by atoms with van der Waals surface area (Å²) in [6, 6.07) is 8.23. The Hall–Kier alpha value is -2.15. The lowest BCUT2D eigenvalue weighted by atomic mass is 10.0. The van der Waals surface area contributed by atoms with Gasteiger partial charge in [-0.3, -0.25) is 0 Å². The Labute approximate surface area is 119 Å². The highest BCUT2D eigenvalue weighted by atomic mass is 19.1. The fraction of sp³-hybridized carbons (Fsp3) is 0.462. The second-order valence-corrected chi connectivity index (χ2v) is 4.54. The second kappa shape index (κ2) is 7.03. The number of hydrogen-bond donors (Lipinski definition) is 1. The molecule has 1 fully saturated rings. The van der Waals surface area contributed by atoms with Crippen LogP contribution in [-0.4, -0.2) is 42.3 Å². The van der Waals surface area contributed by atoms with Gasteiger partial charge in [0.2, 0.25) is 0 Å². The van der Waals surface area contributed by atoms with E-state index in [1.54, 1.807) is 30.3 Å². The molecule has 0 saturated carbocycles. The van der Waals surface area contributed by atoms with Crippen LogP contribution in [0, 0.1) is 0 Å². The van der Waals surface area contributed by atoms with Crippen LogP contribution in [0.15, 0.2) is 35.4 Å². The SMILES string of the molecule is [N-]=[N+]=NC[C@H]1O[C@H](O)[C@H](F)C[C@@H]1OC(=O)c1ccccc1. The molecule has 1 N–H and O–H groups in total. The number of aliphatic hydroxyl groups is 1. The fourth-order valence-electron chi connectivity index (χ4n) is 2.02. The number of esters is 1. The lowest BCUT2D eigenvalue weighted by Gasteiger charge is -2.35. The predicted octanol–water partition coefficient (Wildman–Crippen LogP) is 1.97. The molecule has 1 aromatic carbocycles. The zero-order valence-electron chi connectivity index (χ0n) is 11.0. The molecule has 1 heterocycles. The molecule has 2 rings (SSSR count). The molecule has 8 heteroatoms. The van der Waals surface area contributed by atoms with E-state index in [4.69, 9.17) is 15.0 Å². The number of carbonyl (C=O) groups is 1. The largest absolute Gasteiger partial charge is 0.456 e. The Morgan fingerprint density at radius 1 is 1.52 bits per heavy atom. The van der Waals surface area contributed by atoms with Crippen molar-refractivity contribution in [3.8, 4) is 0 Å². The van der Waals surface area contributed by atoms with Crippen LogP contribution in [0.2, 0.25) is 0 Å². The number of rotatable bonds is 4. The van der Waals surface area contributed by atoms with Crippen molar-refractivity contribution in [2.45, 2.75) is 31.1 Å². The molecule has 0 aromatic heterocycles. The number of halogens is 1. The molecule has 0 amide bonds. The van der Waals surface area contributed by atoms with E-state index in [1.807, 2.05) is 0 Å². The smallest absolute Gasteiger partial charge is 0.338 e. The average molecular weight is 295 g/mol. The van der Waals surface area contributed by atoms with Crippen LogP contribution in [0.3, 0.4) is 0 Å². The highest BCUT2D eigenvalue weighted by molar-refractivity contribution is 5.89. The zero-order valence-corrected chi connectivity index (χ0v) is 11.0. The molecule has 1 aromatic rings. The highest BCUT2D eigenvalue weighted by Gasteiger charge is 2.39. The number of aliphatic hydroxyl groups excluding tert-OH is 1. The van der Waals surface area contributed by atoms with Gasteiger partial charge in [0.05, 0.1) is 12.1 Å². The molecule has 0 unspecified atom stereocenters. The van der Waals surface area contributed by atoms with Crippen molar-refractivity contribution in [2.75, 3.05) is 6.54 Å². The summed E-state index contributed by atoms with van der Waals surface area (Å²) in [6.45, 7) is -0.160. The van der Waals surface area contributed by atoms with Crippen molar-refractivity contribution in [3.05, 3.63) is 46.3 Å². The monoisotopic (exact) mass is 295 g/mol. The summed E-state index contributed by atoms with van der Waals surface area (Å²) in [7, 11) is 0. The number of hydrogen-bond acceptors (Lipinski definition) is 5. The third-order valence-electron chi connectivity index (χ3n) is 3.09. The van der Waals surface area contributed by atoms with E-state index in [0.717, 1.165) is 0 Å². The van der Waals surface area contributed by atoms with E-state index >= 15 is 0 Å². The summed E-state index contributed by atoms with van der Waals surface area (Å²) >= 11 is 0. The standard InChI is InChI=1S/C13H14FN3O4/c14-9-6-10(11(7-16-17-15)21-13(9)19)20-12(18)8-4-2-1-3-5-8/h1-5,9-11,13,19H,6-7H2/t9-,10+,11-,13+/m1/s1. The topological polar surface area (TPSA) is 105 Å². The number of ether oxygens (including phenoxy) is 2. The maximum absolute atomic E-state index is 13.5. The van der Waals surface area contributed by atoms with Gasteiger partial charge in [0.15, 0.2) is 12.5 Å². The number of carbonyl (C=O) groups excluding carboxylic acids is 1. The Morgan fingerprint density at radius 3 is 2.90 bits per heavy atom. The van der Waals surface area contributed by atoms with Gasteiger partial charge in [0.1, 0.15) is 12.2 Å². The normalized spacial score (nSPS) is 28.5. The van der Waals surface area contributed by atoms with E-state index < -0.39 is 30.6 Å². The summed E-state index contributed by atoms with van der Waals surface area (Å²) in [4.78, 5) is 14.5. The third kappa shape index (κ3) is 3.91. The first-order valence-corrected chi connectivity index (χ1v) is 6.36. The molecule has 1 aliphatic heterocycles. The van der Waals surface area contributed by atoms with Crippen molar-refractivity contribution in [1.29, 1.82) is 0 Å². The van der Waals surface area contributed by atoms with Crippen LogP contribution >= 0.6 is 0 Å². The van der Waals surface area contributed by atoms with Crippen molar-refractivity contribution in [2.24, 2.45) is 5.11 Å². The van der Waals surface area contributed by atoms with E-state index in [1.165, 1.54) is 0 Å². The van der Waals surface area contributed by atoms with Gasteiger partial charge in [-0.15, -0.1) is 0 Å². The zero-order chi connectivity index (χ0) is 15.2. The number of benzene rings is 1. The van der Waals surface area contributed by atoms with Crippen LogP contribution < -0.4 is 0 Å². The Morgan fingerprint density at radius 2 is 2.24 bits per heavy atom. The average Bonchev–Trinajstić information content (AvgIpc) is 2.50. The Bertz CT molecular complexity index is 535. The molecular formula is C13H14FN3O4. The minimum absolute atomic E-state index is 0.160. The fourth-order valence-corrected chi connectivity index (χ4v) is 2.02. The minimum atomic E-state index is -1.67. The van der Waals surface area contributed by atoms with Crippen molar-refractivity contribution >= 4 is 5.97 Å². The summed E-state index contributed by atoms with van der Waals surface area (Å²) < 4.78 is 23.7. The van der Waals surface area contributed by atoms with Gasteiger partial charge in [-0.2, -0.15) is 0 Å². The van der Waals surface area contributed by atoms with Gasteiger partial charge in [-0.05, 0) is 17.7 Å². The molecule has 21 heavy (non-hydrogen) atoms. The first-order chi connectivity index (χ1) is 10.1. The highest BCUT2D eigenvalue weighted by Crippen LogP contribution is 2.25. The third-order valence-corrected chi connectivity index (χ3v) is 3.09. The molecule has 0 radical (unpaired) electrons. The summed E-state index contributed by atoms with van der Waals surface area (Å²) in [5, 5.41) is 12.7. The summed E-state index contributed by atoms with van der Waals surface area (Å²) in [5.41, 5.74) is 8.64. The van der Waals surface area contributed by atoms with Crippen LogP contribution in [-0.2, 0) is 9.47 Å². The summed E-state index contributed by atoms with van der Waals surface area (Å²) in [5.74, 6) is -0.626. The van der Waals surface area contributed by atoms with Crippen LogP contribution in [0.1, 0.15) is 16.8 Å². The maximum Gasteiger partial charge on any atom is 0.338 e. The van der Waals surface area contributed by atoms with E-state index in [0.29, 0.717) is 5.56 Å². The van der Waals surface area contributed by atoms with Crippen LogP contribution in [0.4, 0.5) is 4.39 Å².